The Balaban J connectivity index is 1.75. The fourth-order valence-electron chi connectivity index (χ4n) is 3.35. The van der Waals surface area contributed by atoms with Gasteiger partial charge in [-0.15, -0.1) is 0 Å². The number of hydrogen-bond acceptors (Lipinski definition) is 4. The lowest BCUT2D eigenvalue weighted by Gasteiger charge is -2.26. The number of anilines is 1. The average molecular weight is 261 g/mol. The molecule has 2 aliphatic heterocycles. The summed E-state index contributed by atoms with van der Waals surface area (Å²) in [5, 5.41) is 9.53. The maximum absolute atomic E-state index is 9.53. The molecule has 3 rings (SSSR count). The zero-order valence-corrected chi connectivity index (χ0v) is 11.8. The molecule has 2 aliphatic rings. The van der Waals surface area contributed by atoms with Crippen LogP contribution in [-0.2, 0) is 0 Å². The Morgan fingerprint density at radius 3 is 2.74 bits per heavy atom. The van der Waals surface area contributed by atoms with Crippen molar-refractivity contribution in [3.8, 4) is 0 Å². The van der Waals surface area contributed by atoms with Gasteiger partial charge in [0.15, 0.2) is 0 Å². The van der Waals surface area contributed by atoms with E-state index in [0.29, 0.717) is 6.04 Å². The molecule has 2 bridgehead atoms. The summed E-state index contributed by atoms with van der Waals surface area (Å²) in [6, 6.07) is 5.46. The van der Waals surface area contributed by atoms with Crippen LogP contribution in [0.2, 0.25) is 0 Å². The molecule has 0 saturated carbocycles. The van der Waals surface area contributed by atoms with Crippen molar-refractivity contribution < 1.29 is 5.11 Å². The van der Waals surface area contributed by atoms with E-state index in [4.69, 9.17) is 0 Å². The third kappa shape index (κ3) is 2.47. The first kappa shape index (κ1) is 12.9. The zero-order valence-electron chi connectivity index (χ0n) is 11.8. The number of aliphatic hydroxyl groups excluding tert-OH is 1. The van der Waals surface area contributed by atoms with Gasteiger partial charge < -0.3 is 10.0 Å². The van der Waals surface area contributed by atoms with E-state index in [1.807, 2.05) is 12.1 Å². The van der Waals surface area contributed by atoms with Crippen LogP contribution in [0, 0.1) is 0 Å². The maximum Gasteiger partial charge on any atom is 0.128 e. The molecule has 0 aliphatic carbocycles. The minimum Gasteiger partial charge on any atom is -0.389 e. The Bertz CT molecular complexity index is 432. The highest BCUT2D eigenvalue weighted by molar-refractivity contribution is 5.40. The molecule has 1 aromatic heterocycles. The van der Waals surface area contributed by atoms with Crippen LogP contribution in [0.5, 0.6) is 0 Å². The monoisotopic (exact) mass is 261 g/mol. The number of fused-ring (bicyclic) bond motifs is 2. The second-order valence-corrected chi connectivity index (χ2v) is 5.91. The fourth-order valence-corrected chi connectivity index (χ4v) is 3.35. The zero-order chi connectivity index (χ0) is 13.4. The van der Waals surface area contributed by atoms with Gasteiger partial charge in [0, 0.05) is 31.4 Å². The average Bonchev–Trinajstić information content (AvgIpc) is 2.63. The minimum atomic E-state index is -0.437. The van der Waals surface area contributed by atoms with E-state index in [1.165, 1.54) is 19.3 Å². The summed E-state index contributed by atoms with van der Waals surface area (Å²) in [7, 11) is 2.26. The Morgan fingerprint density at radius 2 is 2.05 bits per heavy atom. The molecule has 3 heterocycles. The number of likely N-dealkylation sites (N-methyl/N-ethyl adjacent to an activating group) is 1. The number of pyridine rings is 1. The van der Waals surface area contributed by atoms with Crippen LogP contribution < -0.4 is 4.90 Å². The SMILES string of the molecule is C[C@@H](O)c1ccc(N2CCC3CCC(C2)N3C)nc1. The number of nitrogens with zero attached hydrogens (tertiary/aromatic N) is 3. The van der Waals surface area contributed by atoms with Gasteiger partial charge in [-0.2, -0.15) is 0 Å². The molecule has 3 atom stereocenters. The largest absolute Gasteiger partial charge is 0.389 e. The van der Waals surface area contributed by atoms with Crippen LogP contribution in [0.1, 0.15) is 37.9 Å². The molecule has 4 heteroatoms. The molecule has 2 unspecified atom stereocenters. The van der Waals surface area contributed by atoms with Crippen molar-refractivity contribution in [1.82, 2.24) is 9.88 Å². The van der Waals surface area contributed by atoms with Crippen molar-refractivity contribution in [2.45, 2.75) is 44.4 Å². The van der Waals surface area contributed by atoms with E-state index >= 15 is 0 Å². The Labute approximate surface area is 115 Å². The van der Waals surface area contributed by atoms with Gasteiger partial charge in [-0.05, 0) is 44.9 Å². The minimum absolute atomic E-state index is 0.437. The van der Waals surface area contributed by atoms with Gasteiger partial charge in [-0.25, -0.2) is 4.98 Å². The first-order chi connectivity index (χ1) is 9.15. The van der Waals surface area contributed by atoms with Crippen LogP contribution in [0.4, 0.5) is 5.82 Å². The Hall–Kier alpha value is -1.13. The van der Waals surface area contributed by atoms with Gasteiger partial charge in [0.05, 0.1) is 6.10 Å². The maximum atomic E-state index is 9.53. The molecule has 104 valence electrons. The van der Waals surface area contributed by atoms with Crippen LogP contribution >= 0.6 is 0 Å². The molecular formula is C15H23N3O. The highest BCUT2D eigenvalue weighted by Crippen LogP contribution is 2.30. The van der Waals surface area contributed by atoms with Gasteiger partial charge in [-0.1, -0.05) is 6.07 Å². The van der Waals surface area contributed by atoms with Crippen LogP contribution in [0.3, 0.4) is 0 Å². The molecular weight excluding hydrogens is 238 g/mol. The van der Waals surface area contributed by atoms with Crippen molar-refractivity contribution in [1.29, 1.82) is 0 Å². The van der Waals surface area contributed by atoms with E-state index in [-0.39, 0.29) is 0 Å². The summed E-state index contributed by atoms with van der Waals surface area (Å²) < 4.78 is 0. The summed E-state index contributed by atoms with van der Waals surface area (Å²) >= 11 is 0. The third-order valence-electron chi connectivity index (χ3n) is 4.73. The lowest BCUT2D eigenvalue weighted by Crippen LogP contribution is -2.36. The van der Waals surface area contributed by atoms with Crippen molar-refractivity contribution >= 4 is 5.82 Å². The van der Waals surface area contributed by atoms with E-state index in [2.05, 4.69) is 21.8 Å². The lowest BCUT2D eigenvalue weighted by molar-refractivity contribution is 0.199. The topological polar surface area (TPSA) is 39.6 Å². The molecule has 19 heavy (non-hydrogen) atoms. The van der Waals surface area contributed by atoms with Gasteiger partial charge in [0.2, 0.25) is 0 Å². The quantitative estimate of drug-likeness (QED) is 0.881. The molecule has 0 amide bonds. The summed E-state index contributed by atoms with van der Waals surface area (Å²) in [6.07, 6.45) is 5.25. The predicted molar refractivity (Wildman–Crippen MR) is 76.3 cm³/mol. The van der Waals surface area contributed by atoms with E-state index in [0.717, 1.165) is 30.5 Å². The normalized spacial score (nSPS) is 29.3. The van der Waals surface area contributed by atoms with Gasteiger partial charge in [0.25, 0.3) is 0 Å². The third-order valence-corrected chi connectivity index (χ3v) is 4.73. The van der Waals surface area contributed by atoms with Crippen molar-refractivity contribution in [3.63, 3.8) is 0 Å². The van der Waals surface area contributed by atoms with Crippen molar-refractivity contribution in [2.75, 3.05) is 25.0 Å². The van der Waals surface area contributed by atoms with Crippen LogP contribution in [-0.4, -0.2) is 47.2 Å². The molecule has 2 fully saturated rings. The molecule has 0 spiro atoms. The molecule has 2 saturated heterocycles. The Morgan fingerprint density at radius 1 is 1.26 bits per heavy atom. The van der Waals surface area contributed by atoms with Gasteiger partial charge >= 0.3 is 0 Å². The number of aliphatic hydroxyl groups is 1. The molecule has 1 N–H and O–H groups in total. The van der Waals surface area contributed by atoms with Gasteiger partial charge in [-0.3, -0.25) is 4.90 Å². The van der Waals surface area contributed by atoms with Gasteiger partial charge in [0.1, 0.15) is 5.82 Å². The predicted octanol–water partition coefficient (Wildman–Crippen LogP) is 1.81. The second kappa shape index (κ2) is 5.10. The summed E-state index contributed by atoms with van der Waals surface area (Å²) in [5.41, 5.74) is 0.886. The van der Waals surface area contributed by atoms with E-state index in [9.17, 15) is 5.11 Å². The Kier molecular flexibility index (Phi) is 3.46. The molecule has 0 radical (unpaired) electrons. The fraction of sp³-hybridized carbons (Fsp3) is 0.667. The first-order valence-electron chi connectivity index (χ1n) is 7.26. The number of aromatic nitrogens is 1. The van der Waals surface area contributed by atoms with E-state index in [1.54, 1.807) is 13.1 Å². The number of rotatable bonds is 2. The smallest absolute Gasteiger partial charge is 0.128 e. The summed E-state index contributed by atoms with van der Waals surface area (Å²) in [4.78, 5) is 9.46. The molecule has 0 aromatic carbocycles. The lowest BCUT2D eigenvalue weighted by atomic mass is 10.1. The van der Waals surface area contributed by atoms with Crippen LogP contribution in [0.15, 0.2) is 18.3 Å². The summed E-state index contributed by atoms with van der Waals surface area (Å²) in [6.45, 7) is 3.94. The van der Waals surface area contributed by atoms with E-state index < -0.39 is 6.10 Å². The standard InChI is InChI=1S/C15H23N3O/c1-11(19)12-3-6-15(16-9-12)18-8-7-13-4-5-14(10-18)17(13)2/h3,6,9,11,13-14,19H,4-5,7-8,10H2,1-2H3/t11-,13?,14?/m1/s1. The second-order valence-electron chi connectivity index (χ2n) is 5.91. The highest BCUT2D eigenvalue weighted by atomic mass is 16.3. The highest BCUT2D eigenvalue weighted by Gasteiger charge is 2.34. The molecule has 4 nitrogen and oxygen atoms in total. The summed E-state index contributed by atoms with van der Waals surface area (Å²) in [5.74, 6) is 1.05. The molecule has 1 aromatic rings. The number of hydrogen-bond donors (Lipinski definition) is 1. The van der Waals surface area contributed by atoms with Crippen molar-refractivity contribution in [3.05, 3.63) is 23.9 Å². The first-order valence-corrected chi connectivity index (χ1v) is 7.26. The van der Waals surface area contributed by atoms with Crippen LogP contribution in [0.25, 0.3) is 0 Å². The van der Waals surface area contributed by atoms with Crippen molar-refractivity contribution in [2.24, 2.45) is 0 Å².